The summed E-state index contributed by atoms with van der Waals surface area (Å²) in [4.78, 5) is 24.2. The third-order valence-corrected chi connectivity index (χ3v) is 3.67. The fraction of sp³-hybridized carbons (Fsp3) is 0.500. The molecule has 0 bridgehead atoms. The number of nitro groups is 1. The lowest BCUT2D eigenvalue weighted by Crippen LogP contribution is -2.37. The summed E-state index contributed by atoms with van der Waals surface area (Å²) in [6.07, 6.45) is 1.66. The van der Waals surface area contributed by atoms with E-state index in [1.165, 1.54) is 6.07 Å². The van der Waals surface area contributed by atoms with Gasteiger partial charge in [0.15, 0.2) is 5.75 Å². The maximum atomic E-state index is 12.5. The lowest BCUT2D eigenvalue weighted by atomic mass is 10.1. The van der Waals surface area contributed by atoms with Gasteiger partial charge in [0.25, 0.3) is 5.91 Å². The van der Waals surface area contributed by atoms with Crippen molar-refractivity contribution in [1.82, 2.24) is 4.90 Å². The Hall–Kier alpha value is -2.15. The number of hydrogen-bond acceptors (Lipinski definition) is 5. The standard InChI is InChI=1S/C14H18N2O5/c1-9(17)7-11-3-2-6-15(11)14(19)10-4-5-13(18)12(8-10)16(20)21/h4-5,8-9,11,17-18H,2-3,6-7H2,1H3/t9-,11-/m0/s1. The van der Waals surface area contributed by atoms with Crippen LogP contribution in [0.4, 0.5) is 5.69 Å². The topological polar surface area (TPSA) is 104 Å². The van der Waals surface area contributed by atoms with E-state index in [9.17, 15) is 25.1 Å². The van der Waals surface area contributed by atoms with E-state index in [1.807, 2.05) is 0 Å². The van der Waals surface area contributed by atoms with Crippen molar-refractivity contribution in [3.05, 3.63) is 33.9 Å². The summed E-state index contributed by atoms with van der Waals surface area (Å²) in [5.41, 5.74) is -0.302. The van der Waals surface area contributed by atoms with E-state index < -0.39 is 22.5 Å². The van der Waals surface area contributed by atoms with Gasteiger partial charge in [-0.05, 0) is 38.3 Å². The number of aliphatic hydroxyl groups excluding tert-OH is 1. The van der Waals surface area contributed by atoms with Crippen LogP contribution in [-0.4, -0.2) is 44.6 Å². The number of carbonyl (C=O) groups excluding carboxylic acids is 1. The van der Waals surface area contributed by atoms with Gasteiger partial charge in [0, 0.05) is 24.2 Å². The SMILES string of the molecule is C[C@H](O)C[C@@H]1CCCN1C(=O)c1ccc(O)c([N+](=O)[O-])c1. The molecule has 1 fully saturated rings. The molecular weight excluding hydrogens is 276 g/mol. The van der Waals surface area contributed by atoms with Gasteiger partial charge in [-0.15, -0.1) is 0 Å². The van der Waals surface area contributed by atoms with Gasteiger partial charge in [-0.1, -0.05) is 0 Å². The molecule has 1 amide bonds. The average molecular weight is 294 g/mol. The number of amides is 1. The van der Waals surface area contributed by atoms with Gasteiger partial charge in [0.1, 0.15) is 0 Å². The normalized spacial score (nSPS) is 19.5. The Morgan fingerprint density at radius 3 is 2.90 bits per heavy atom. The predicted molar refractivity (Wildman–Crippen MR) is 75.1 cm³/mol. The fourth-order valence-electron chi connectivity index (χ4n) is 2.71. The highest BCUT2D eigenvalue weighted by Crippen LogP contribution is 2.29. The van der Waals surface area contributed by atoms with Crippen LogP contribution in [-0.2, 0) is 0 Å². The Kier molecular flexibility index (Phi) is 4.42. The smallest absolute Gasteiger partial charge is 0.311 e. The van der Waals surface area contributed by atoms with Crippen molar-refractivity contribution in [2.75, 3.05) is 6.54 Å². The van der Waals surface area contributed by atoms with Crippen molar-refractivity contribution in [3.8, 4) is 5.75 Å². The van der Waals surface area contributed by atoms with Gasteiger partial charge in [-0.2, -0.15) is 0 Å². The fourth-order valence-corrected chi connectivity index (χ4v) is 2.71. The number of hydrogen-bond donors (Lipinski definition) is 2. The summed E-state index contributed by atoms with van der Waals surface area (Å²) in [6.45, 7) is 2.25. The zero-order chi connectivity index (χ0) is 15.6. The molecule has 0 aromatic heterocycles. The number of benzene rings is 1. The molecule has 1 aromatic carbocycles. The average Bonchev–Trinajstić information content (AvgIpc) is 2.85. The minimum absolute atomic E-state index is 0.0506. The Morgan fingerprint density at radius 2 is 2.29 bits per heavy atom. The van der Waals surface area contributed by atoms with E-state index in [0.29, 0.717) is 13.0 Å². The lowest BCUT2D eigenvalue weighted by Gasteiger charge is -2.25. The first-order valence-electron chi connectivity index (χ1n) is 6.86. The molecule has 2 rings (SSSR count). The Bertz CT molecular complexity index is 558. The molecule has 2 N–H and O–H groups in total. The number of aromatic hydroxyl groups is 1. The molecular formula is C14H18N2O5. The molecule has 0 aliphatic carbocycles. The van der Waals surface area contributed by atoms with Gasteiger partial charge < -0.3 is 15.1 Å². The number of phenolic OH excluding ortho intramolecular Hbond substituents is 1. The van der Waals surface area contributed by atoms with Gasteiger partial charge >= 0.3 is 5.69 Å². The zero-order valence-electron chi connectivity index (χ0n) is 11.7. The minimum Gasteiger partial charge on any atom is -0.502 e. The molecule has 21 heavy (non-hydrogen) atoms. The van der Waals surface area contributed by atoms with E-state index in [-0.39, 0.29) is 17.5 Å². The first-order chi connectivity index (χ1) is 9.90. The molecule has 114 valence electrons. The van der Waals surface area contributed by atoms with Crippen LogP contribution in [0.15, 0.2) is 18.2 Å². The second-order valence-corrected chi connectivity index (χ2v) is 5.34. The van der Waals surface area contributed by atoms with Crippen LogP contribution in [0.25, 0.3) is 0 Å². The van der Waals surface area contributed by atoms with Crippen LogP contribution in [0.3, 0.4) is 0 Å². The van der Waals surface area contributed by atoms with Crippen LogP contribution in [0.1, 0.15) is 36.5 Å². The Morgan fingerprint density at radius 1 is 1.57 bits per heavy atom. The molecule has 1 aliphatic heterocycles. The maximum absolute atomic E-state index is 12.5. The van der Waals surface area contributed by atoms with Gasteiger partial charge in [0.2, 0.25) is 0 Å². The van der Waals surface area contributed by atoms with Crippen molar-refractivity contribution >= 4 is 11.6 Å². The Balaban J connectivity index is 2.23. The number of phenols is 1. The summed E-state index contributed by atoms with van der Waals surface area (Å²) in [5, 5.41) is 29.7. The van der Waals surface area contributed by atoms with E-state index >= 15 is 0 Å². The van der Waals surface area contributed by atoms with E-state index in [2.05, 4.69) is 0 Å². The zero-order valence-corrected chi connectivity index (χ0v) is 11.7. The molecule has 7 heteroatoms. The van der Waals surface area contributed by atoms with Gasteiger partial charge in [-0.25, -0.2) is 0 Å². The van der Waals surface area contributed by atoms with Crippen LogP contribution >= 0.6 is 0 Å². The molecule has 1 heterocycles. The number of aliphatic hydroxyl groups is 1. The molecule has 0 radical (unpaired) electrons. The number of rotatable bonds is 4. The van der Waals surface area contributed by atoms with E-state index in [4.69, 9.17) is 0 Å². The molecule has 7 nitrogen and oxygen atoms in total. The predicted octanol–water partition coefficient (Wildman–Crippen LogP) is 1.68. The highest BCUT2D eigenvalue weighted by molar-refractivity contribution is 5.95. The molecule has 0 unspecified atom stereocenters. The van der Waals surface area contributed by atoms with Gasteiger partial charge in [-0.3, -0.25) is 14.9 Å². The first kappa shape index (κ1) is 15.2. The monoisotopic (exact) mass is 294 g/mol. The molecule has 1 aliphatic rings. The maximum Gasteiger partial charge on any atom is 0.311 e. The minimum atomic E-state index is -0.719. The van der Waals surface area contributed by atoms with Crippen LogP contribution < -0.4 is 0 Å². The number of likely N-dealkylation sites (tertiary alicyclic amines) is 1. The number of nitrogens with zero attached hydrogens (tertiary/aromatic N) is 2. The molecule has 1 saturated heterocycles. The summed E-state index contributed by atoms with van der Waals surface area (Å²) in [7, 11) is 0. The lowest BCUT2D eigenvalue weighted by molar-refractivity contribution is -0.385. The number of carbonyl (C=O) groups is 1. The highest BCUT2D eigenvalue weighted by atomic mass is 16.6. The van der Waals surface area contributed by atoms with Crippen molar-refractivity contribution in [2.45, 2.75) is 38.3 Å². The van der Waals surface area contributed by atoms with Crippen molar-refractivity contribution in [1.29, 1.82) is 0 Å². The third kappa shape index (κ3) is 3.30. The number of nitro benzene ring substituents is 1. The summed E-state index contributed by atoms with van der Waals surface area (Å²) in [6, 6.07) is 3.58. The van der Waals surface area contributed by atoms with Crippen molar-refractivity contribution < 1.29 is 19.9 Å². The van der Waals surface area contributed by atoms with Crippen molar-refractivity contribution in [2.24, 2.45) is 0 Å². The van der Waals surface area contributed by atoms with Crippen LogP contribution in [0, 0.1) is 10.1 Å². The largest absolute Gasteiger partial charge is 0.502 e. The third-order valence-electron chi connectivity index (χ3n) is 3.67. The Labute approximate surface area is 122 Å². The van der Waals surface area contributed by atoms with E-state index in [0.717, 1.165) is 25.0 Å². The molecule has 2 atom stereocenters. The van der Waals surface area contributed by atoms with Crippen LogP contribution in [0.5, 0.6) is 5.75 Å². The second-order valence-electron chi connectivity index (χ2n) is 5.34. The molecule has 0 saturated carbocycles. The molecule has 0 spiro atoms. The van der Waals surface area contributed by atoms with Crippen molar-refractivity contribution in [3.63, 3.8) is 0 Å². The highest BCUT2D eigenvalue weighted by Gasteiger charge is 2.31. The van der Waals surface area contributed by atoms with Gasteiger partial charge in [0.05, 0.1) is 11.0 Å². The quantitative estimate of drug-likeness (QED) is 0.649. The summed E-state index contributed by atoms with van der Waals surface area (Å²) < 4.78 is 0. The molecule has 1 aromatic rings. The van der Waals surface area contributed by atoms with E-state index in [1.54, 1.807) is 11.8 Å². The summed E-state index contributed by atoms with van der Waals surface area (Å²) in [5.74, 6) is -0.764. The second kappa shape index (κ2) is 6.09. The summed E-state index contributed by atoms with van der Waals surface area (Å²) >= 11 is 0. The van der Waals surface area contributed by atoms with Crippen LogP contribution in [0.2, 0.25) is 0 Å². The first-order valence-corrected chi connectivity index (χ1v) is 6.86.